The number of hydrogen-bond donors (Lipinski definition) is 2. The molecule has 0 aromatic rings. The van der Waals surface area contributed by atoms with Crippen LogP contribution in [0.5, 0.6) is 0 Å². The van der Waals surface area contributed by atoms with Crippen LogP contribution in [0.25, 0.3) is 0 Å². The SMILES string of the molecule is CCC(C)C(=O)CN(CC(N)=O)CC(N)=O. The topological polar surface area (TPSA) is 106 Å². The molecule has 0 aromatic heterocycles. The van der Waals surface area contributed by atoms with Crippen LogP contribution >= 0.6 is 0 Å². The molecule has 0 aliphatic heterocycles. The number of nitrogens with two attached hydrogens (primary N) is 2. The molecule has 0 heterocycles. The van der Waals surface area contributed by atoms with E-state index in [0.717, 1.165) is 6.42 Å². The zero-order valence-electron chi connectivity index (χ0n) is 9.73. The van der Waals surface area contributed by atoms with Crippen LogP contribution < -0.4 is 11.5 Å². The number of amides is 2. The molecule has 0 radical (unpaired) electrons. The van der Waals surface area contributed by atoms with Crippen LogP contribution in [0.15, 0.2) is 0 Å². The summed E-state index contributed by atoms with van der Waals surface area (Å²) in [5.74, 6) is -1.29. The number of ketones is 1. The molecule has 0 aromatic carbocycles. The molecule has 0 saturated carbocycles. The number of hydrogen-bond acceptors (Lipinski definition) is 4. The minimum Gasteiger partial charge on any atom is -0.369 e. The Kier molecular flexibility index (Phi) is 6.32. The summed E-state index contributed by atoms with van der Waals surface area (Å²) in [6.45, 7) is 3.46. The molecular formula is C10H19N3O3. The standard InChI is InChI=1S/C10H19N3O3/c1-3-7(2)8(14)4-13(5-9(11)15)6-10(12)16/h7H,3-6H2,1-2H3,(H2,11,15)(H2,12,16). The number of rotatable bonds is 8. The van der Waals surface area contributed by atoms with Gasteiger partial charge in [-0.2, -0.15) is 0 Å². The third-order valence-electron chi connectivity index (χ3n) is 2.30. The lowest BCUT2D eigenvalue weighted by Gasteiger charge is -2.19. The summed E-state index contributed by atoms with van der Waals surface area (Å²) in [5.41, 5.74) is 10.0. The summed E-state index contributed by atoms with van der Waals surface area (Å²) >= 11 is 0. The summed E-state index contributed by atoms with van der Waals surface area (Å²) < 4.78 is 0. The van der Waals surface area contributed by atoms with E-state index in [1.54, 1.807) is 6.92 Å². The highest BCUT2D eigenvalue weighted by Crippen LogP contribution is 2.03. The van der Waals surface area contributed by atoms with Gasteiger partial charge < -0.3 is 11.5 Å². The summed E-state index contributed by atoms with van der Waals surface area (Å²) in [6.07, 6.45) is 0.722. The fourth-order valence-corrected chi connectivity index (χ4v) is 1.21. The van der Waals surface area contributed by atoms with Crippen LogP contribution in [-0.4, -0.2) is 42.1 Å². The lowest BCUT2D eigenvalue weighted by atomic mass is 10.0. The third-order valence-corrected chi connectivity index (χ3v) is 2.30. The Balaban J connectivity index is 4.35. The van der Waals surface area contributed by atoms with Crippen molar-refractivity contribution in [2.45, 2.75) is 20.3 Å². The second-order valence-electron chi connectivity index (χ2n) is 3.85. The average Bonchev–Trinajstić information content (AvgIpc) is 2.14. The predicted octanol–water partition coefficient (Wildman–Crippen LogP) is -1.13. The Morgan fingerprint density at radius 1 is 1.06 bits per heavy atom. The quantitative estimate of drug-likeness (QED) is 0.549. The highest BCUT2D eigenvalue weighted by atomic mass is 16.2. The van der Waals surface area contributed by atoms with E-state index < -0.39 is 11.8 Å². The van der Waals surface area contributed by atoms with Gasteiger partial charge in [-0.3, -0.25) is 19.3 Å². The lowest BCUT2D eigenvalue weighted by molar-refractivity contribution is -0.126. The zero-order chi connectivity index (χ0) is 12.7. The summed E-state index contributed by atoms with van der Waals surface area (Å²) in [7, 11) is 0. The molecule has 6 heteroatoms. The molecule has 1 unspecified atom stereocenters. The number of nitrogens with zero attached hydrogens (tertiary/aromatic N) is 1. The van der Waals surface area contributed by atoms with Crippen molar-refractivity contribution in [2.75, 3.05) is 19.6 Å². The first-order valence-corrected chi connectivity index (χ1v) is 5.18. The van der Waals surface area contributed by atoms with E-state index in [9.17, 15) is 14.4 Å². The second-order valence-corrected chi connectivity index (χ2v) is 3.85. The van der Waals surface area contributed by atoms with E-state index in [-0.39, 0.29) is 31.3 Å². The van der Waals surface area contributed by atoms with Crippen LogP contribution in [0.4, 0.5) is 0 Å². The van der Waals surface area contributed by atoms with Crippen molar-refractivity contribution in [3.8, 4) is 0 Å². The van der Waals surface area contributed by atoms with Crippen LogP contribution in [0.1, 0.15) is 20.3 Å². The maximum Gasteiger partial charge on any atom is 0.231 e. The Hall–Kier alpha value is -1.43. The van der Waals surface area contributed by atoms with Crippen molar-refractivity contribution in [1.29, 1.82) is 0 Å². The normalized spacial score (nSPS) is 12.4. The Morgan fingerprint density at radius 3 is 1.81 bits per heavy atom. The predicted molar refractivity (Wildman–Crippen MR) is 59.3 cm³/mol. The van der Waals surface area contributed by atoms with Crippen molar-refractivity contribution >= 4 is 17.6 Å². The fourth-order valence-electron chi connectivity index (χ4n) is 1.21. The maximum atomic E-state index is 11.6. The van der Waals surface area contributed by atoms with Gasteiger partial charge in [0.25, 0.3) is 0 Å². The van der Waals surface area contributed by atoms with Gasteiger partial charge in [0.15, 0.2) is 0 Å². The lowest BCUT2D eigenvalue weighted by Crippen LogP contribution is -2.43. The molecule has 16 heavy (non-hydrogen) atoms. The van der Waals surface area contributed by atoms with Gasteiger partial charge in [0.1, 0.15) is 5.78 Å². The minimum atomic E-state index is -0.585. The molecule has 1 atom stereocenters. The molecule has 92 valence electrons. The minimum absolute atomic E-state index is 0.0231. The summed E-state index contributed by atoms with van der Waals surface area (Å²) in [5, 5.41) is 0. The zero-order valence-corrected chi connectivity index (χ0v) is 9.73. The Labute approximate surface area is 94.9 Å². The second kappa shape index (κ2) is 6.95. The molecule has 0 rings (SSSR count). The van der Waals surface area contributed by atoms with Crippen molar-refractivity contribution in [1.82, 2.24) is 4.90 Å². The molecule has 0 bridgehead atoms. The first kappa shape index (κ1) is 14.6. The molecule has 4 N–H and O–H groups in total. The van der Waals surface area contributed by atoms with E-state index >= 15 is 0 Å². The van der Waals surface area contributed by atoms with Gasteiger partial charge in [0.2, 0.25) is 11.8 Å². The van der Waals surface area contributed by atoms with Crippen LogP contribution in [-0.2, 0) is 14.4 Å². The summed E-state index contributed by atoms with van der Waals surface area (Å²) in [4.78, 5) is 34.4. The number of primary amides is 2. The van der Waals surface area contributed by atoms with E-state index in [2.05, 4.69) is 0 Å². The Morgan fingerprint density at radius 2 is 1.50 bits per heavy atom. The fraction of sp³-hybridized carbons (Fsp3) is 0.700. The van der Waals surface area contributed by atoms with Crippen LogP contribution in [0.2, 0.25) is 0 Å². The molecule has 0 aliphatic carbocycles. The smallest absolute Gasteiger partial charge is 0.231 e. The summed E-state index contributed by atoms with van der Waals surface area (Å²) in [6, 6.07) is 0. The monoisotopic (exact) mass is 229 g/mol. The van der Waals surface area contributed by atoms with E-state index in [1.807, 2.05) is 6.92 Å². The van der Waals surface area contributed by atoms with Crippen LogP contribution in [0, 0.1) is 5.92 Å². The van der Waals surface area contributed by atoms with E-state index in [0.29, 0.717) is 0 Å². The van der Waals surface area contributed by atoms with Gasteiger partial charge in [-0.1, -0.05) is 13.8 Å². The number of carbonyl (C=O) groups is 3. The van der Waals surface area contributed by atoms with Gasteiger partial charge in [-0.25, -0.2) is 0 Å². The maximum absolute atomic E-state index is 11.6. The van der Waals surface area contributed by atoms with Crippen molar-refractivity contribution in [2.24, 2.45) is 17.4 Å². The van der Waals surface area contributed by atoms with Gasteiger partial charge in [0, 0.05) is 5.92 Å². The van der Waals surface area contributed by atoms with Crippen LogP contribution in [0.3, 0.4) is 0 Å². The molecule has 0 fully saturated rings. The number of Topliss-reactive ketones (excluding diaryl/α,β-unsaturated/α-hetero) is 1. The molecule has 0 saturated heterocycles. The van der Waals surface area contributed by atoms with E-state index in [4.69, 9.17) is 11.5 Å². The molecule has 0 aliphatic rings. The van der Waals surface area contributed by atoms with Gasteiger partial charge in [-0.15, -0.1) is 0 Å². The first-order chi connectivity index (χ1) is 7.36. The van der Waals surface area contributed by atoms with E-state index in [1.165, 1.54) is 4.90 Å². The largest absolute Gasteiger partial charge is 0.369 e. The van der Waals surface area contributed by atoms with Gasteiger partial charge in [-0.05, 0) is 6.42 Å². The van der Waals surface area contributed by atoms with Crippen molar-refractivity contribution < 1.29 is 14.4 Å². The number of carbonyl (C=O) groups excluding carboxylic acids is 3. The average molecular weight is 229 g/mol. The highest BCUT2D eigenvalue weighted by molar-refractivity contribution is 5.85. The molecular weight excluding hydrogens is 210 g/mol. The van der Waals surface area contributed by atoms with Gasteiger partial charge >= 0.3 is 0 Å². The molecule has 0 spiro atoms. The Bertz CT molecular complexity index is 262. The first-order valence-electron chi connectivity index (χ1n) is 5.18. The molecule has 6 nitrogen and oxygen atoms in total. The van der Waals surface area contributed by atoms with Crippen molar-refractivity contribution in [3.63, 3.8) is 0 Å². The van der Waals surface area contributed by atoms with Gasteiger partial charge in [0.05, 0.1) is 19.6 Å². The van der Waals surface area contributed by atoms with Crippen molar-refractivity contribution in [3.05, 3.63) is 0 Å². The molecule has 2 amide bonds. The third kappa shape index (κ3) is 6.13. The highest BCUT2D eigenvalue weighted by Gasteiger charge is 2.18.